The van der Waals surface area contributed by atoms with E-state index in [-0.39, 0.29) is 12.5 Å². The third-order valence-electron chi connectivity index (χ3n) is 6.19. The van der Waals surface area contributed by atoms with Crippen LogP contribution in [0.15, 0.2) is 128 Å². The first-order valence-electron chi connectivity index (χ1n) is 11.7. The molecule has 5 rings (SSSR count). The first-order valence-corrected chi connectivity index (χ1v) is 11.7. The quantitative estimate of drug-likeness (QED) is 0.307. The number of pyridine rings is 2. The van der Waals surface area contributed by atoms with E-state index in [4.69, 9.17) is 0 Å². The fourth-order valence-corrected chi connectivity index (χ4v) is 4.30. The SMILES string of the molecule is O=C(c1ccc(-c2ccncc2)cc1)N(c1ccc(-c2ccncc2)cc1)[C@H](CO)c1ccccc1. The van der Waals surface area contributed by atoms with Gasteiger partial charge >= 0.3 is 0 Å². The molecule has 0 aliphatic carbocycles. The molecule has 36 heavy (non-hydrogen) atoms. The average Bonchev–Trinajstić information content (AvgIpc) is 2.97. The lowest BCUT2D eigenvalue weighted by Crippen LogP contribution is -2.37. The van der Waals surface area contributed by atoms with E-state index in [9.17, 15) is 9.90 Å². The highest BCUT2D eigenvalue weighted by Gasteiger charge is 2.27. The highest BCUT2D eigenvalue weighted by Crippen LogP contribution is 2.31. The zero-order chi connectivity index (χ0) is 24.7. The molecule has 2 aromatic heterocycles. The van der Waals surface area contributed by atoms with Crippen LogP contribution >= 0.6 is 0 Å². The molecule has 5 nitrogen and oxygen atoms in total. The lowest BCUT2D eigenvalue weighted by atomic mass is 10.0. The van der Waals surface area contributed by atoms with Crippen molar-refractivity contribution in [1.82, 2.24) is 9.97 Å². The van der Waals surface area contributed by atoms with Gasteiger partial charge in [0.05, 0.1) is 12.6 Å². The predicted molar refractivity (Wildman–Crippen MR) is 142 cm³/mol. The maximum atomic E-state index is 13.9. The summed E-state index contributed by atoms with van der Waals surface area (Å²) < 4.78 is 0. The van der Waals surface area contributed by atoms with Gasteiger partial charge in [0.25, 0.3) is 5.91 Å². The van der Waals surface area contributed by atoms with Crippen molar-refractivity contribution in [2.45, 2.75) is 6.04 Å². The topological polar surface area (TPSA) is 66.3 Å². The number of rotatable bonds is 7. The molecule has 1 N–H and O–H groups in total. The maximum absolute atomic E-state index is 13.9. The molecule has 5 heteroatoms. The molecule has 0 saturated heterocycles. The summed E-state index contributed by atoms with van der Waals surface area (Å²) in [4.78, 5) is 23.7. The van der Waals surface area contributed by atoms with E-state index in [2.05, 4.69) is 9.97 Å². The van der Waals surface area contributed by atoms with Crippen LogP contribution in [-0.2, 0) is 0 Å². The minimum Gasteiger partial charge on any atom is -0.394 e. The van der Waals surface area contributed by atoms with Crippen molar-refractivity contribution in [3.63, 3.8) is 0 Å². The molecule has 0 radical (unpaired) electrons. The number of aliphatic hydroxyl groups excluding tert-OH is 1. The van der Waals surface area contributed by atoms with E-state index in [1.54, 1.807) is 29.7 Å². The van der Waals surface area contributed by atoms with Crippen LogP contribution in [-0.4, -0.2) is 27.6 Å². The van der Waals surface area contributed by atoms with E-state index in [0.29, 0.717) is 11.3 Å². The number of aliphatic hydroxyl groups is 1. The van der Waals surface area contributed by atoms with Crippen molar-refractivity contribution in [3.05, 3.63) is 139 Å². The van der Waals surface area contributed by atoms with E-state index >= 15 is 0 Å². The Hall–Kier alpha value is -4.61. The average molecular weight is 472 g/mol. The Morgan fingerprint density at radius 3 is 1.61 bits per heavy atom. The van der Waals surface area contributed by atoms with E-state index in [1.807, 2.05) is 103 Å². The van der Waals surface area contributed by atoms with Gasteiger partial charge in [0.2, 0.25) is 0 Å². The van der Waals surface area contributed by atoms with E-state index < -0.39 is 6.04 Å². The second-order valence-corrected chi connectivity index (χ2v) is 8.38. The van der Waals surface area contributed by atoms with Crippen molar-refractivity contribution in [2.24, 2.45) is 0 Å². The van der Waals surface area contributed by atoms with Crippen molar-refractivity contribution in [2.75, 3.05) is 11.5 Å². The van der Waals surface area contributed by atoms with Crippen LogP contribution in [0.25, 0.3) is 22.3 Å². The third-order valence-corrected chi connectivity index (χ3v) is 6.19. The Bertz CT molecular complexity index is 1410. The summed E-state index contributed by atoms with van der Waals surface area (Å²) in [5.74, 6) is -0.184. The summed E-state index contributed by atoms with van der Waals surface area (Å²) in [7, 11) is 0. The summed E-state index contributed by atoms with van der Waals surface area (Å²) in [6, 6.07) is 32.2. The van der Waals surface area contributed by atoms with Gasteiger partial charge in [0, 0.05) is 36.0 Å². The molecule has 0 aliphatic heterocycles. The van der Waals surface area contributed by atoms with Gasteiger partial charge in [0.1, 0.15) is 0 Å². The Morgan fingerprint density at radius 1 is 0.639 bits per heavy atom. The Labute approximate surface area is 210 Å². The van der Waals surface area contributed by atoms with Gasteiger partial charge < -0.3 is 5.11 Å². The van der Waals surface area contributed by atoms with Crippen LogP contribution in [0.2, 0.25) is 0 Å². The molecule has 0 aliphatic rings. The minimum absolute atomic E-state index is 0.184. The smallest absolute Gasteiger partial charge is 0.258 e. The van der Waals surface area contributed by atoms with Crippen LogP contribution in [0.3, 0.4) is 0 Å². The second-order valence-electron chi connectivity index (χ2n) is 8.38. The molecule has 3 aromatic carbocycles. The standard InChI is InChI=1S/C31H25N3O2/c35-22-30(27-4-2-1-3-5-27)34(29-12-10-24(11-13-29)26-16-20-33-21-17-26)31(36)28-8-6-23(7-9-28)25-14-18-32-19-15-25/h1-21,30,35H,22H2/t30-/m1/s1. The van der Waals surface area contributed by atoms with Gasteiger partial charge in [-0.25, -0.2) is 0 Å². The molecule has 0 bridgehead atoms. The molecule has 0 spiro atoms. The van der Waals surface area contributed by atoms with Crippen LogP contribution in [0.5, 0.6) is 0 Å². The molecular formula is C31H25N3O2. The lowest BCUT2D eigenvalue weighted by molar-refractivity contribution is 0.0963. The summed E-state index contributed by atoms with van der Waals surface area (Å²) in [5, 5.41) is 10.4. The molecule has 0 fully saturated rings. The molecule has 0 unspecified atom stereocenters. The highest BCUT2D eigenvalue weighted by molar-refractivity contribution is 6.07. The minimum atomic E-state index is -0.537. The number of carbonyl (C=O) groups is 1. The molecule has 1 atom stereocenters. The Morgan fingerprint density at radius 2 is 1.11 bits per heavy atom. The van der Waals surface area contributed by atoms with Gasteiger partial charge in [-0.3, -0.25) is 19.7 Å². The molecule has 5 aromatic rings. The number of benzene rings is 3. The number of aromatic nitrogens is 2. The van der Waals surface area contributed by atoms with Gasteiger partial charge in [-0.15, -0.1) is 0 Å². The third kappa shape index (κ3) is 4.92. The molecule has 2 heterocycles. The van der Waals surface area contributed by atoms with Crippen LogP contribution in [0.4, 0.5) is 5.69 Å². The van der Waals surface area contributed by atoms with Crippen molar-refractivity contribution < 1.29 is 9.90 Å². The predicted octanol–water partition coefficient (Wildman–Crippen LogP) is 6.19. The Kier molecular flexibility index (Phi) is 6.92. The van der Waals surface area contributed by atoms with Crippen LogP contribution < -0.4 is 4.90 Å². The molecule has 0 saturated carbocycles. The zero-order valence-electron chi connectivity index (χ0n) is 19.6. The monoisotopic (exact) mass is 471 g/mol. The summed E-state index contributed by atoms with van der Waals surface area (Å²) in [6.07, 6.45) is 7.01. The lowest BCUT2D eigenvalue weighted by Gasteiger charge is -2.31. The van der Waals surface area contributed by atoms with E-state index in [0.717, 1.165) is 27.8 Å². The molecule has 176 valence electrons. The zero-order valence-corrected chi connectivity index (χ0v) is 19.6. The normalized spacial score (nSPS) is 11.6. The number of hydrogen-bond donors (Lipinski definition) is 1. The van der Waals surface area contributed by atoms with E-state index in [1.165, 1.54) is 0 Å². The van der Waals surface area contributed by atoms with Gasteiger partial charge in [0.15, 0.2) is 0 Å². The summed E-state index contributed by atoms with van der Waals surface area (Å²) >= 11 is 0. The van der Waals surface area contributed by atoms with Gasteiger partial charge in [-0.1, -0.05) is 54.6 Å². The summed E-state index contributed by atoms with van der Waals surface area (Å²) in [6.45, 7) is -0.211. The number of anilines is 1. The van der Waals surface area contributed by atoms with Crippen LogP contribution in [0, 0.1) is 0 Å². The van der Waals surface area contributed by atoms with Crippen molar-refractivity contribution in [1.29, 1.82) is 0 Å². The largest absolute Gasteiger partial charge is 0.394 e. The second kappa shape index (κ2) is 10.8. The van der Waals surface area contributed by atoms with Gasteiger partial charge in [-0.05, 0) is 76.3 Å². The van der Waals surface area contributed by atoms with Crippen molar-refractivity contribution >= 4 is 11.6 Å². The summed E-state index contributed by atoms with van der Waals surface area (Å²) in [5.41, 5.74) is 6.21. The number of amides is 1. The van der Waals surface area contributed by atoms with Crippen molar-refractivity contribution in [3.8, 4) is 22.3 Å². The van der Waals surface area contributed by atoms with Gasteiger partial charge in [-0.2, -0.15) is 0 Å². The fourth-order valence-electron chi connectivity index (χ4n) is 4.30. The number of carbonyl (C=O) groups excluding carboxylic acids is 1. The number of nitrogens with zero attached hydrogens (tertiary/aromatic N) is 3. The Balaban J connectivity index is 1.52. The molecular weight excluding hydrogens is 446 g/mol. The highest BCUT2D eigenvalue weighted by atomic mass is 16.3. The first kappa shape index (κ1) is 23.1. The maximum Gasteiger partial charge on any atom is 0.258 e. The first-order chi connectivity index (χ1) is 17.7. The number of hydrogen-bond acceptors (Lipinski definition) is 4. The fraction of sp³-hybridized carbons (Fsp3) is 0.0645. The molecule has 1 amide bonds. The van der Waals surface area contributed by atoms with Crippen LogP contribution in [0.1, 0.15) is 22.0 Å².